The Morgan fingerprint density at radius 1 is 1.19 bits per heavy atom. The number of nitrogens with zero attached hydrogens (tertiary/aromatic N) is 4. The summed E-state index contributed by atoms with van der Waals surface area (Å²) in [6.45, 7) is 10.3. The molecule has 2 aromatic rings. The number of rotatable bonds is 4. The molecule has 0 unspecified atom stereocenters. The predicted octanol–water partition coefficient (Wildman–Crippen LogP) is 2.90. The second-order valence-electron chi connectivity index (χ2n) is 8.36. The number of likely N-dealkylation sites (tertiary alicyclic amines) is 1. The Morgan fingerprint density at radius 2 is 1.81 bits per heavy atom. The van der Waals surface area contributed by atoms with Gasteiger partial charge >= 0.3 is 0 Å². The average molecular weight is 370 g/mol. The Hall–Kier alpha value is -2.21. The maximum atomic E-state index is 12.8. The minimum atomic E-state index is 0.0533. The van der Waals surface area contributed by atoms with E-state index in [2.05, 4.69) is 43.0 Å². The normalized spacial score (nSPS) is 16.0. The number of aromatic nitrogens is 3. The number of aryl methyl sites for hydroxylation is 1. The molecule has 0 atom stereocenters. The van der Waals surface area contributed by atoms with Crippen molar-refractivity contribution in [2.75, 3.05) is 19.7 Å². The van der Waals surface area contributed by atoms with Crippen LogP contribution in [0.3, 0.4) is 0 Å². The van der Waals surface area contributed by atoms with E-state index in [0.717, 1.165) is 43.1 Å². The third-order valence-electron chi connectivity index (χ3n) is 5.26. The molecule has 27 heavy (non-hydrogen) atoms. The van der Waals surface area contributed by atoms with Crippen molar-refractivity contribution in [3.8, 4) is 0 Å². The summed E-state index contributed by atoms with van der Waals surface area (Å²) < 4.78 is 1.81. The van der Waals surface area contributed by atoms with Gasteiger partial charge in [0.2, 0.25) is 0 Å². The summed E-state index contributed by atoms with van der Waals surface area (Å²) in [5.74, 6) is 2.05. The number of amides is 1. The van der Waals surface area contributed by atoms with Gasteiger partial charge in [-0.25, -0.2) is 9.67 Å². The summed E-state index contributed by atoms with van der Waals surface area (Å²) in [5, 5.41) is 13.6. The summed E-state index contributed by atoms with van der Waals surface area (Å²) in [7, 11) is 0. The van der Waals surface area contributed by atoms with Crippen molar-refractivity contribution in [1.82, 2.24) is 19.7 Å². The number of carbonyl (C=O) groups is 1. The second-order valence-corrected chi connectivity index (χ2v) is 8.36. The molecule has 1 saturated heterocycles. The van der Waals surface area contributed by atoms with Crippen LogP contribution in [-0.4, -0.2) is 50.4 Å². The van der Waals surface area contributed by atoms with E-state index >= 15 is 0 Å². The van der Waals surface area contributed by atoms with E-state index < -0.39 is 0 Å². The van der Waals surface area contributed by atoms with Gasteiger partial charge in [-0.1, -0.05) is 32.9 Å². The largest absolute Gasteiger partial charge is 0.394 e. The molecule has 1 aliphatic heterocycles. The van der Waals surface area contributed by atoms with Crippen molar-refractivity contribution in [1.29, 1.82) is 0 Å². The number of benzene rings is 1. The highest BCUT2D eigenvalue weighted by atomic mass is 16.3. The topological polar surface area (TPSA) is 71.2 Å². The maximum absolute atomic E-state index is 12.8. The zero-order valence-electron chi connectivity index (χ0n) is 16.8. The second kappa shape index (κ2) is 7.80. The fourth-order valence-corrected chi connectivity index (χ4v) is 3.67. The third kappa shape index (κ3) is 4.38. The van der Waals surface area contributed by atoms with Gasteiger partial charge in [-0.3, -0.25) is 4.79 Å². The monoisotopic (exact) mass is 370 g/mol. The lowest BCUT2D eigenvalue weighted by Gasteiger charge is -2.32. The maximum Gasteiger partial charge on any atom is 0.253 e. The SMILES string of the molecule is Cc1nc(C2CCN(C(=O)c3ccc(C(C)(C)C)cc3)CC2)n(CCO)n1. The van der Waals surface area contributed by atoms with Crippen LogP contribution in [0.1, 0.15) is 67.1 Å². The molecule has 6 heteroatoms. The van der Waals surface area contributed by atoms with Crippen LogP contribution < -0.4 is 0 Å². The molecule has 0 saturated carbocycles. The van der Waals surface area contributed by atoms with Crippen molar-refractivity contribution in [2.45, 2.75) is 58.4 Å². The minimum Gasteiger partial charge on any atom is -0.394 e. The number of carbonyl (C=O) groups excluding carboxylic acids is 1. The Balaban J connectivity index is 1.64. The summed E-state index contributed by atoms with van der Waals surface area (Å²) in [6, 6.07) is 7.99. The van der Waals surface area contributed by atoms with Crippen LogP contribution in [-0.2, 0) is 12.0 Å². The summed E-state index contributed by atoms with van der Waals surface area (Å²) >= 11 is 0. The summed E-state index contributed by atoms with van der Waals surface area (Å²) in [5.41, 5.74) is 2.07. The molecule has 1 aromatic carbocycles. The Bertz CT molecular complexity index is 782. The Labute approximate surface area is 161 Å². The first-order valence-electron chi connectivity index (χ1n) is 9.71. The molecule has 0 radical (unpaired) electrons. The van der Waals surface area contributed by atoms with Gasteiger partial charge in [0.1, 0.15) is 11.6 Å². The average Bonchev–Trinajstić information content (AvgIpc) is 3.01. The highest BCUT2D eigenvalue weighted by Gasteiger charge is 2.28. The zero-order chi connectivity index (χ0) is 19.6. The van der Waals surface area contributed by atoms with Gasteiger partial charge in [-0.2, -0.15) is 5.10 Å². The van der Waals surface area contributed by atoms with Gasteiger partial charge in [0.25, 0.3) is 5.91 Å². The van der Waals surface area contributed by atoms with Gasteiger partial charge in [0.05, 0.1) is 13.2 Å². The number of hydrogen-bond acceptors (Lipinski definition) is 4. The first-order valence-corrected chi connectivity index (χ1v) is 9.71. The quantitative estimate of drug-likeness (QED) is 0.898. The molecular weight excluding hydrogens is 340 g/mol. The highest BCUT2D eigenvalue weighted by molar-refractivity contribution is 5.94. The van der Waals surface area contributed by atoms with Crippen molar-refractivity contribution < 1.29 is 9.90 Å². The van der Waals surface area contributed by atoms with Crippen LogP contribution in [0.15, 0.2) is 24.3 Å². The van der Waals surface area contributed by atoms with Crippen LogP contribution in [0, 0.1) is 6.92 Å². The zero-order valence-corrected chi connectivity index (χ0v) is 16.8. The van der Waals surface area contributed by atoms with Gasteiger partial charge in [0.15, 0.2) is 0 Å². The van der Waals surface area contributed by atoms with Gasteiger partial charge in [-0.15, -0.1) is 0 Å². The van der Waals surface area contributed by atoms with Crippen LogP contribution in [0.5, 0.6) is 0 Å². The smallest absolute Gasteiger partial charge is 0.253 e. The van der Waals surface area contributed by atoms with Crippen molar-refractivity contribution in [3.63, 3.8) is 0 Å². The van der Waals surface area contributed by atoms with Crippen LogP contribution >= 0.6 is 0 Å². The number of aliphatic hydroxyl groups is 1. The molecular formula is C21H30N4O2. The van der Waals surface area contributed by atoms with Gasteiger partial charge in [0, 0.05) is 24.6 Å². The third-order valence-corrected chi connectivity index (χ3v) is 5.26. The fraction of sp³-hybridized carbons (Fsp3) is 0.571. The van der Waals surface area contributed by atoms with Crippen molar-refractivity contribution in [2.24, 2.45) is 0 Å². The molecule has 146 valence electrons. The summed E-state index contributed by atoms with van der Waals surface area (Å²) in [4.78, 5) is 19.3. The molecule has 1 fully saturated rings. The minimum absolute atomic E-state index is 0.0533. The molecule has 1 aliphatic rings. The standard InChI is InChI=1S/C21H30N4O2/c1-15-22-19(25(23-15)13-14-26)16-9-11-24(12-10-16)20(27)17-5-7-18(8-6-17)21(2,3)4/h5-8,16,26H,9-14H2,1-4H3. The van der Waals surface area contributed by atoms with E-state index in [1.54, 1.807) is 0 Å². The lowest BCUT2D eigenvalue weighted by Crippen LogP contribution is -2.38. The van der Waals surface area contributed by atoms with Crippen molar-refractivity contribution >= 4 is 5.91 Å². The molecule has 0 bridgehead atoms. The van der Waals surface area contributed by atoms with E-state index in [0.29, 0.717) is 6.54 Å². The number of hydrogen-bond donors (Lipinski definition) is 1. The molecule has 0 spiro atoms. The molecule has 2 heterocycles. The van der Waals surface area contributed by atoms with E-state index in [1.807, 2.05) is 28.6 Å². The van der Waals surface area contributed by atoms with Crippen LogP contribution in [0.4, 0.5) is 0 Å². The molecule has 1 aromatic heterocycles. The Kier molecular flexibility index (Phi) is 5.65. The molecule has 1 amide bonds. The van der Waals surface area contributed by atoms with E-state index in [1.165, 1.54) is 5.56 Å². The molecule has 6 nitrogen and oxygen atoms in total. The molecule has 3 rings (SSSR count). The van der Waals surface area contributed by atoms with Gasteiger partial charge in [-0.05, 0) is 42.9 Å². The van der Waals surface area contributed by atoms with E-state index in [4.69, 9.17) is 0 Å². The van der Waals surface area contributed by atoms with Crippen LogP contribution in [0.25, 0.3) is 0 Å². The number of piperidine rings is 1. The lowest BCUT2D eigenvalue weighted by atomic mass is 9.86. The highest BCUT2D eigenvalue weighted by Crippen LogP contribution is 2.28. The van der Waals surface area contributed by atoms with E-state index in [9.17, 15) is 9.90 Å². The fourth-order valence-electron chi connectivity index (χ4n) is 3.67. The number of aliphatic hydroxyl groups excluding tert-OH is 1. The van der Waals surface area contributed by atoms with E-state index in [-0.39, 0.29) is 23.8 Å². The molecule has 1 N–H and O–H groups in total. The van der Waals surface area contributed by atoms with Gasteiger partial charge < -0.3 is 10.0 Å². The van der Waals surface area contributed by atoms with Crippen LogP contribution in [0.2, 0.25) is 0 Å². The molecule has 0 aliphatic carbocycles. The first-order chi connectivity index (χ1) is 12.8. The lowest BCUT2D eigenvalue weighted by molar-refractivity contribution is 0.0710. The Morgan fingerprint density at radius 3 is 2.37 bits per heavy atom. The van der Waals surface area contributed by atoms with Crippen molar-refractivity contribution in [3.05, 3.63) is 47.0 Å². The summed E-state index contributed by atoms with van der Waals surface area (Å²) in [6.07, 6.45) is 1.74. The first kappa shape index (κ1) is 19.5. The predicted molar refractivity (Wildman–Crippen MR) is 105 cm³/mol.